The Hall–Kier alpha value is -1.51. The van der Waals surface area contributed by atoms with Gasteiger partial charge >= 0.3 is 0 Å². The van der Waals surface area contributed by atoms with E-state index in [-0.39, 0.29) is 5.91 Å². The number of hydrogen-bond donors (Lipinski definition) is 0. The van der Waals surface area contributed by atoms with Crippen LogP contribution < -0.4 is 4.74 Å². The van der Waals surface area contributed by atoms with Gasteiger partial charge in [0.05, 0.1) is 6.10 Å². The van der Waals surface area contributed by atoms with Crippen molar-refractivity contribution in [2.45, 2.75) is 25.9 Å². The summed E-state index contributed by atoms with van der Waals surface area (Å²) in [6.45, 7) is 1.94. The molecule has 1 amide bonds. The van der Waals surface area contributed by atoms with Crippen molar-refractivity contribution < 1.29 is 9.53 Å². The van der Waals surface area contributed by atoms with E-state index in [1.165, 1.54) is 0 Å². The first-order valence-electron chi connectivity index (χ1n) is 5.57. The first-order chi connectivity index (χ1) is 7.58. The summed E-state index contributed by atoms with van der Waals surface area (Å²) in [6, 6.07) is 5.66. The maximum absolute atomic E-state index is 11.8. The van der Waals surface area contributed by atoms with Crippen molar-refractivity contribution in [3.05, 3.63) is 29.3 Å². The zero-order valence-electron chi connectivity index (χ0n) is 9.99. The predicted octanol–water partition coefficient (Wildman–Crippen LogP) is 2.24. The highest BCUT2D eigenvalue weighted by atomic mass is 16.5. The lowest BCUT2D eigenvalue weighted by atomic mass is 10.1. The number of carbonyl (C=O) groups excluding carboxylic acids is 1. The van der Waals surface area contributed by atoms with Gasteiger partial charge in [0.15, 0.2) is 0 Å². The van der Waals surface area contributed by atoms with Crippen LogP contribution in [0.15, 0.2) is 18.2 Å². The van der Waals surface area contributed by atoms with Gasteiger partial charge in [0.25, 0.3) is 5.91 Å². The molecule has 1 aliphatic rings. The van der Waals surface area contributed by atoms with Gasteiger partial charge in [0.1, 0.15) is 5.75 Å². The summed E-state index contributed by atoms with van der Waals surface area (Å²) >= 11 is 0. The Morgan fingerprint density at radius 3 is 2.56 bits per heavy atom. The highest BCUT2D eigenvalue weighted by Gasteiger charge is 2.23. The average Bonchev–Trinajstić information content (AvgIpc) is 3.01. The molecule has 0 bridgehead atoms. The zero-order chi connectivity index (χ0) is 11.7. The van der Waals surface area contributed by atoms with Crippen LogP contribution in [0.1, 0.15) is 28.8 Å². The number of aryl methyl sites for hydroxylation is 1. The van der Waals surface area contributed by atoms with Crippen molar-refractivity contribution in [2.24, 2.45) is 0 Å². The van der Waals surface area contributed by atoms with Crippen LogP contribution in [0.5, 0.6) is 5.75 Å². The minimum Gasteiger partial charge on any atom is -0.490 e. The van der Waals surface area contributed by atoms with Crippen LogP contribution in [-0.2, 0) is 0 Å². The van der Waals surface area contributed by atoms with Gasteiger partial charge in [-0.3, -0.25) is 4.79 Å². The van der Waals surface area contributed by atoms with E-state index in [0.29, 0.717) is 6.10 Å². The standard InChI is InChI=1S/C13H17NO2/c1-9-8-11(16-10-4-5-10)6-7-12(9)13(15)14(2)3/h6-8,10H,4-5H2,1-3H3. The summed E-state index contributed by atoms with van der Waals surface area (Å²) in [7, 11) is 3.52. The predicted molar refractivity (Wildman–Crippen MR) is 62.8 cm³/mol. The first-order valence-corrected chi connectivity index (χ1v) is 5.57. The fraction of sp³-hybridized carbons (Fsp3) is 0.462. The third-order valence-corrected chi connectivity index (χ3v) is 2.66. The van der Waals surface area contributed by atoms with Gasteiger partial charge in [-0.1, -0.05) is 0 Å². The van der Waals surface area contributed by atoms with E-state index in [2.05, 4.69) is 0 Å². The highest BCUT2D eigenvalue weighted by molar-refractivity contribution is 5.95. The van der Waals surface area contributed by atoms with Crippen LogP contribution in [0.4, 0.5) is 0 Å². The minimum atomic E-state index is 0.0375. The van der Waals surface area contributed by atoms with Crippen molar-refractivity contribution in [1.82, 2.24) is 4.90 Å². The molecule has 3 nitrogen and oxygen atoms in total. The Balaban J connectivity index is 2.18. The van der Waals surface area contributed by atoms with Crippen LogP contribution in [0.2, 0.25) is 0 Å². The second kappa shape index (κ2) is 4.16. The number of carbonyl (C=O) groups is 1. The van der Waals surface area contributed by atoms with E-state index < -0.39 is 0 Å². The van der Waals surface area contributed by atoms with E-state index in [1.807, 2.05) is 25.1 Å². The zero-order valence-corrected chi connectivity index (χ0v) is 9.99. The normalized spacial score (nSPS) is 14.7. The maximum Gasteiger partial charge on any atom is 0.253 e. The van der Waals surface area contributed by atoms with E-state index in [9.17, 15) is 4.79 Å². The molecule has 1 aromatic rings. The molecule has 0 N–H and O–H groups in total. The van der Waals surface area contributed by atoms with Gasteiger partial charge in [-0.2, -0.15) is 0 Å². The van der Waals surface area contributed by atoms with Gasteiger partial charge in [-0.25, -0.2) is 0 Å². The quantitative estimate of drug-likeness (QED) is 0.780. The second-order valence-corrected chi connectivity index (χ2v) is 4.49. The fourth-order valence-electron chi connectivity index (χ4n) is 1.57. The van der Waals surface area contributed by atoms with Crippen LogP contribution >= 0.6 is 0 Å². The second-order valence-electron chi connectivity index (χ2n) is 4.49. The largest absolute Gasteiger partial charge is 0.490 e. The van der Waals surface area contributed by atoms with Gasteiger partial charge in [-0.15, -0.1) is 0 Å². The monoisotopic (exact) mass is 219 g/mol. The molecule has 0 aromatic heterocycles. The van der Waals surface area contributed by atoms with Crippen molar-refractivity contribution in [3.8, 4) is 5.75 Å². The Bertz CT molecular complexity index is 408. The molecular formula is C13H17NO2. The number of rotatable bonds is 3. The summed E-state index contributed by atoms with van der Waals surface area (Å²) in [5.41, 5.74) is 1.71. The van der Waals surface area contributed by atoms with Crippen LogP contribution in [0, 0.1) is 6.92 Å². The van der Waals surface area contributed by atoms with Crippen molar-refractivity contribution in [2.75, 3.05) is 14.1 Å². The molecule has 16 heavy (non-hydrogen) atoms. The molecule has 3 heteroatoms. The number of ether oxygens (including phenoxy) is 1. The maximum atomic E-state index is 11.8. The molecule has 1 fully saturated rings. The SMILES string of the molecule is Cc1cc(OC2CC2)ccc1C(=O)N(C)C. The van der Waals surface area contributed by atoms with Crippen LogP contribution in [0.25, 0.3) is 0 Å². The van der Waals surface area contributed by atoms with Crippen molar-refractivity contribution in [3.63, 3.8) is 0 Å². The smallest absolute Gasteiger partial charge is 0.253 e. The summed E-state index contributed by atoms with van der Waals surface area (Å²) in [6.07, 6.45) is 2.70. The van der Waals surface area contributed by atoms with Crippen LogP contribution in [0.3, 0.4) is 0 Å². The Kier molecular flexibility index (Phi) is 2.86. The van der Waals surface area contributed by atoms with Crippen LogP contribution in [-0.4, -0.2) is 31.0 Å². The van der Waals surface area contributed by atoms with E-state index in [1.54, 1.807) is 19.0 Å². The highest BCUT2D eigenvalue weighted by Crippen LogP contribution is 2.28. The molecule has 0 atom stereocenters. The first kappa shape index (κ1) is 11.0. The van der Waals surface area contributed by atoms with Gasteiger partial charge in [-0.05, 0) is 43.5 Å². The molecule has 0 saturated heterocycles. The Morgan fingerprint density at radius 2 is 2.06 bits per heavy atom. The molecule has 86 valence electrons. The fourth-order valence-corrected chi connectivity index (χ4v) is 1.57. The third-order valence-electron chi connectivity index (χ3n) is 2.66. The summed E-state index contributed by atoms with van der Waals surface area (Å²) in [5.74, 6) is 0.908. The lowest BCUT2D eigenvalue weighted by Crippen LogP contribution is -2.22. The molecule has 0 spiro atoms. The third kappa shape index (κ3) is 2.35. The minimum absolute atomic E-state index is 0.0375. The van der Waals surface area contributed by atoms with Crippen molar-refractivity contribution >= 4 is 5.91 Å². The molecule has 1 aliphatic carbocycles. The summed E-state index contributed by atoms with van der Waals surface area (Å²) < 4.78 is 5.68. The lowest BCUT2D eigenvalue weighted by Gasteiger charge is -2.13. The lowest BCUT2D eigenvalue weighted by molar-refractivity contribution is 0.0827. The average molecular weight is 219 g/mol. The molecular weight excluding hydrogens is 202 g/mol. The number of hydrogen-bond acceptors (Lipinski definition) is 2. The van der Waals surface area contributed by atoms with E-state index in [4.69, 9.17) is 4.74 Å². The number of nitrogens with zero attached hydrogens (tertiary/aromatic N) is 1. The number of amides is 1. The molecule has 0 heterocycles. The molecule has 0 unspecified atom stereocenters. The van der Waals surface area contributed by atoms with Gasteiger partial charge in [0.2, 0.25) is 0 Å². The van der Waals surface area contributed by atoms with Gasteiger partial charge in [0, 0.05) is 19.7 Å². The Morgan fingerprint density at radius 1 is 1.38 bits per heavy atom. The number of benzene rings is 1. The molecule has 1 aromatic carbocycles. The Labute approximate surface area is 96.0 Å². The summed E-state index contributed by atoms with van der Waals surface area (Å²) in [4.78, 5) is 13.4. The van der Waals surface area contributed by atoms with E-state index in [0.717, 1.165) is 29.7 Å². The molecule has 0 radical (unpaired) electrons. The van der Waals surface area contributed by atoms with Gasteiger partial charge < -0.3 is 9.64 Å². The summed E-state index contributed by atoms with van der Waals surface area (Å²) in [5, 5.41) is 0. The molecule has 0 aliphatic heterocycles. The van der Waals surface area contributed by atoms with E-state index >= 15 is 0 Å². The van der Waals surface area contributed by atoms with Crippen molar-refractivity contribution in [1.29, 1.82) is 0 Å². The molecule has 2 rings (SSSR count). The topological polar surface area (TPSA) is 29.5 Å². The molecule has 1 saturated carbocycles.